The first-order valence-electron chi connectivity index (χ1n) is 7.62. The molecular weight excluding hydrogens is 336 g/mol. The average molecular weight is 361 g/mol. The Morgan fingerprint density at radius 3 is 2.74 bits per heavy atom. The molecular formula is C16H25ClN2O3S. The largest absolute Gasteiger partial charge is 0.497 e. The third-order valence-electron chi connectivity index (χ3n) is 3.40. The van der Waals surface area contributed by atoms with Crippen LogP contribution in [0.2, 0.25) is 0 Å². The standard InChI is InChI=1S/C16H24N2O3S.ClH/c1-20-14-3-5-15(6-4-14)21-9-2-7-18-16(19)11-13-12-22-10-8-17-13;/h3-6,13,17H,2,7-12H2,1H3,(H,18,19);1H. The summed E-state index contributed by atoms with van der Waals surface area (Å²) in [7, 11) is 1.64. The van der Waals surface area contributed by atoms with Crippen LogP contribution in [0.4, 0.5) is 0 Å². The van der Waals surface area contributed by atoms with E-state index in [1.54, 1.807) is 7.11 Å². The number of benzene rings is 1. The molecule has 0 saturated carbocycles. The number of thioether (sulfide) groups is 1. The number of amides is 1. The Labute approximate surface area is 148 Å². The smallest absolute Gasteiger partial charge is 0.221 e. The van der Waals surface area contributed by atoms with Crippen molar-refractivity contribution >= 4 is 30.1 Å². The van der Waals surface area contributed by atoms with Gasteiger partial charge in [-0.05, 0) is 30.7 Å². The molecule has 2 N–H and O–H groups in total. The maximum absolute atomic E-state index is 11.8. The van der Waals surface area contributed by atoms with E-state index < -0.39 is 0 Å². The van der Waals surface area contributed by atoms with Crippen LogP contribution < -0.4 is 20.1 Å². The summed E-state index contributed by atoms with van der Waals surface area (Å²) in [5.74, 6) is 3.91. The Hall–Kier alpha value is -1.11. The zero-order valence-corrected chi connectivity index (χ0v) is 15.0. The summed E-state index contributed by atoms with van der Waals surface area (Å²) in [6.45, 7) is 2.23. The second-order valence-corrected chi connectivity index (χ2v) is 6.31. The molecule has 1 unspecified atom stereocenters. The molecule has 5 nitrogen and oxygen atoms in total. The third kappa shape index (κ3) is 7.81. The van der Waals surface area contributed by atoms with Crippen LogP contribution >= 0.6 is 24.2 Å². The van der Waals surface area contributed by atoms with Gasteiger partial charge >= 0.3 is 0 Å². The second kappa shape index (κ2) is 11.4. The summed E-state index contributed by atoms with van der Waals surface area (Å²) >= 11 is 1.91. The van der Waals surface area contributed by atoms with Crippen molar-refractivity contribution in [3.05, 3.63) is 24.3 Å². The van der Waals surface area contributed by atoms with Crippen molar-refractivity contribution in [2.45, 2.75) is 18.9 Å². The van der Waals surface area contributed by atoms with Crippen LogP contribution in [0.1, 0.15) is 12.8 Å². The number of nitrogens with one attached hydrogen (secondary N) is 2. The highest BCUT2D eigenvalue weighted by Crippen LogP contribution is 2.16. The van der Waals surface area contributed by atoms with Gasteiger partial charge in [-0.2, -0.15) is 11.8 Å². The Balaban J connectivity index is 0.00000264. The fourth-order valence-corrected chi connectivity index (χ4v) is 3.16. The summed E-state index contributed by atoms with van der Waals surface area (Å²) in [6, 6.07) is 7.81. The van der Waals surface area contributed by atoms with E-state index in [1.807, 2.05) is 36.0 Å². The number of carbonyl (C=O) groups is 1. The number of hydrogen-bond donors (Lipinski definition) is 2. The van der Waals surface area contributed by atoms with E-state index in [-0.39, 0.29) is 18.3 Å². The van der Waals surface area contributed by atoms with E-state index in [4.69, 9.17) is 9.47 Å². The molecule has 0 aliphatic carbocycles. The van der Waals surface area contributed by atoms with Crippen molar-refractivity contribution in [3.8, 4) is 11.5 Å². The lowest BCUT2D eigenvalue weighted by Crippen LogP contribution is -2.41. The molecule has 0 spiro atoms. The Morgan fingerprint density at radius 1 is 1.35 bits per heavy atom. The van der Waals surface area contributed by atoms with E-state index in [2.05, 4.69) is 10.6 Å². The number of ether oxygens (including phenoxy) is 2. The lowest BCUT2D eigenvalue weighted by molar-refractivity contribution is -0.121. The summed E-state index contributed by atoms with van der Waals surface area (Å²) in [5, 5.41) is 6.31. The SMILES string of the molecule is COc1ccc(OCCCNC(=O)CC2CSCCN2)cc1.Cl. The number of halogens is 1. The highest BCUT2D eigenvalue weighted by atomic mass is 35.5. The summed E-state index contributed by atoms with van der Waals surface area (Å²) in [4.78, 5) is 11.8. The summed E-state index contributed by atoms with van der Waals surface area (Å²) in [6.07, 6.45) is 1.36. The molecule has 1 aromatic rings. The average Bonchev–Trinajstić information content (AvgIpc) is 2.56. The van der Waals surface area contributed by atoms with Gasteiger partial charge in [0.2, 0.25) is 5.91 Å². The van der Waals surface area contributed by atoms with Crippen LogP contribution in [0.3, 0.4) is 0 Å². The highest BCUT2D eigenvalue weighted by molar-refractivity contribution is 7.99. The molecule has 1 amide bonds. The Morgan fingerprint density at radius 2 is 2.09 bits per heavy atom. The molecule has 23 heavy (non-hydrogen) atoms. The third-order valence-corrected chi connectivity index (χ3v) is 4.53. The van der Waals surface area contributed by atoms with Gasteiger partial charge in [-0.15, -0.1) is 12.4 Å². The molecule has 1 heterocycles. The van der Waals surface area contributed by atoms with Gasteiger partial charge in [-0.1, -0.05) is 0 Å². The van der Waals surface area contributed by atoms with Gasteiger partial charge < -0.3 is 20.1 Å². The first kappa shape index (κ1) is 19.9. The molecule has 0 bridgehead atoms. The summed E-state index contributed by atoms with van der Waals surface area (Å²) < 4.78 is 10.7. The Bertz CT molecular complexity index is 453. The van der Waals surface area contributed by atoms with Crippen molar-refractivity contribution in [3.63, 3.8) is 0 Å². The monoisotopic (exact) mass is 360 g/mol. The first-order chi connectivity index (χ1) is 10.8. The van der Waals surface area contributed by atoms with Crippen molar-refractivity contribution in [2.75, 3.05) is 38.3 Å². The fraction of sp³-hybridized carbons (Fsp3) is 0.562. The van der Waals surface area contributed by atoms with E-state index in [0.29, 0.717) is 25.6 Å². The molecule has 0 radical (unpaired) electrons. The minimum absolute atomic E-state index is 0. The van der Waals surface area contributed by atoms with Gasteiger partial charge in [0, 0.05) is 37.1 Å². The topological polar surface area (TPSA) is 59.6 Å². The maximum Gasteiger partial charge on any atom is 0.221 e. The van der Waals surface area contributed by atoms with Crippen molar-refractivity contribution in [1.82, 2.24) is 10.6 Å². The molecule has 1 fully saturated rings. The van der Waals surface area contributed by atoms with E-state index in [9.17, 15) is 4.79 Å². The van der Waals surface area contributed by atoms with Gasteiger partial charge in [0.1, 0.15) is 11.5 Å². The highest BCUT2D eigenvalue weighted by Gasteiger charge is 2.16. The van der Waals surface area contributed by atoms with Gasteiger partial charge in [0.05, 0.1) is 13.7 Å². The molecule has 1 aromatic carbocycles. The molecule has 1 aliphatic heterocycles. The predicted molar refractivity (Wildman–Crippen MR) is 97.1 cm³/mol. The lowest BCUT2D eigenvalue weighted by atomic mass is 10.2. The molecule has 0 aromatic heterocycles. The minimum Gasteiger partial charge on any atom is -0.497 e. The van der Waals surface area contributed by atoms with E-state index >= 15 is 0 Å². The zero-order valence-electron chi connectivity index (χ0n) is 13.4. The summed E-state index contributed by atoms with van der Waals surface area (Å²) in [5.41, 5.74) is 0. The molecule has 130 valence electrons. The molecule has 1 saturated heterocycles. The van der Waals surface area contributed by atoms with Gasteiger partial charge in [-0.25, -0.2) is 0 Å². The number of rotatable bonds is 8. The van der Waals surface area contributed by atoms with Gasteiger partial charge in [0.15, 0.2) is 0 Å². The quantitative estimate of drug-likeness (QED) is 0.695. The zero-order chi connectivity index (χ0) is 15.6. The first-order valence-corrected chi connectivity index (χ1v) is 8.78. The molecule has 1 aliphatic rings. The van der Waals surface area contributed by atoms with Crippen molar-refractivity contribution in [1.29, 1.82) is 0 Å². The van der Waals surface area contributed by atoms with Gasteiger partial charge in [-0.3, -0.25) is 4.79 Å². The maximum atomic E-state index is 11.8. The molecule has 1 atom stereocenters. The predicted octanol–water partition coefficient (Wildman–Crippen LogP) is 2.10. The van der Waals surface area contributed by atoms with Crippen LogP contribution in [0.5, 0.6) is 11.5 Å². The number of methoxy groups -OCH3 is 1. The van der Waals surface area contributed by atoms with E-state index in [1.165, 1.54) is 0 Å². The molecule has 7 heteroatoms. The minimum atomic E-state index is 0. The Kier molecular flexibility index (Phi) is 9.91. The van der Waals surface area contributed by atoms with Crippen molar-refractivity contribution < 1.29 is 14.3 Å². The lowest BCUT2D eigenvalue weighted by Gasteiger charge is -2.22. The molecule has 2 rings (SSSR count). The van der Waals surface area contributed by atoms with E-state index in [0.717, 1.165) is 36.0 Å². The van der Waals surface area contributed by atoms with Gasteiger partial charge in [0.25, 0.3) is 0 Å². The van der Waals surface area contributed by atoms with Crippen LogP contribution in [0.15, 0.2) is 24.3 Å². The van der Waals surface area contributed by atoms with Crippen molar-refractivity contribution in [2.24, 2.45) is 0 Å². The van der Waals surface area contributed by atoms with Crippen LogP contribution in [0.25, 0.3) is 0 Å². The van der Waals surface area contributed by atoms with Crippen LogP contribution in [0, 0.1) is 0 Å². The number of carbonyl (C=O) groups excluding carboxylic acids is 1. The van der Waals surface area contributed by atoms with Crippen LogP contribution in [-0.2, 0) is 4.79 Å². The normalized spacial score (nSPS) is 17.0. The number of hydrogen-bond acceptors (Lipinski definition) is 5. The fourth-order valence-electron chi connectivity index (χ4n) is 2.21. The van der Waals surface area contributed by atoms with Crippen LogP contribution in [-0.4, -0.2) is 50.3 Å². The second-order valence-electron chi connectivity index (χ2n) is 5.16.